The molecule has 0 aromatic carbocycles. The molecule has 3 aliphatic heterocycles. The fourth-order valence-corrected chi connectivity index (χ4v) is 4.32. The van der Waals surface area contributed by atoms with Gasteiger partial charge in [0.2, 0.25) is 5.88 Å². The van der Waals surface area contributed by atoms with Gasteiger partial charge < -0.3 is 20.7 Å². The molecule has 1 aromatic rings. The number of anilines is 1. The number of rotatable bonds is 4. The van der Waals surface area contributed by atoms with E-state index in [0.717, 1.165) is 6.42 Å². The predicted octanol–water partition coefficient (Wildman–Crippen LogP) is 1.45. The number of nitrogens with one attached hydrogen (secondary N) is 3. The number of carbonyl (C=O) groups is 2. The zero-order valence-electron chi connectivity index (χ0n) is 14.4. The van der Waals surface area contributed by atoms with Gasteiger partial charge in [0.05, 0.1) is 0 Å². The van der Waals surface area contributed by atoms with Crippen LogP contribution in [0, 0.1) is 5.92 Å². The maximum Gasteiger partial charge on any atom is 0.270 e. The van der Waals surface area contributed by atoms with Gasteiger partial charge in [-0.3, -0.25) is 9.59 Å². The molecule has 25 heavy (non-hydrogen) atoms. The molecule has 4 rings (SSSR count). The maximum atomic E-state index is 12.5. The van der Waals surface area contributed by atoms with E-state index in [-0.39, 0.29) is 24.5 Å². The number of amides is 2. The van der Waals surface area contributed by atoms with Crippen molar-refractivity contribution in [2.24, 2.45) is 5.92 Å². The molecule has 3 unspecified atom stereocenters. The number of carbonyl (C=O) groups excluding carboxylic acids is 2. The van der Waals surface area contributed by atoms with E-state index in [1.54, 1.807) is 12.1 Å². The summed E-state index contributed by atoms with van der Waals surface area (Å²) in [6.45, 7) is 1.98. The lowest BCUT2D eigenvalue weighted by molar-refractivity contribution is -0.118. The summed E-state index contributed by atoms with van der Waals surface area (Å²) in [6, 6.07) is 4.71. The zero-order valence-corrected chi connectivity index (χ0v) is 14.4. The quantitative estimate of drug-likeness (QED) is 0.769. The highest BCUT2D eigenvalue weighted by Crippen LogP contribution is 2.33. The van der Waals surface area contributed by atoms with Crippen LogP contribution in [-0.2, 0) is 4.79 Å². The van der Waals surface area contributed by atoms with Crippen LogP contribution in [-0.4, -0.2) is 41.5 Å². The maximum absolute atomic E-state index is 12.5. The number of pyridine rings is 1. The van der Waals surface area contributed by atoms with Crippen LogP contribution in [0.15, 0.2) is 12.1 Å². The fourth-order valence-electron chi connectivity index (χ4n) is 4.32. The Kier molecular flexibility index (Phi) is 4.33. The number of nitrogens with zero attached hydrogens (tertiary/aromatic N) is 1. The van der Waals surface area contributed by atoms with Crippen LogP contribution in [0.3, 0.4) is 0 Å². The second kappa shape index (κ2) is 6.63. The molecule has 134 valence electrons. The number of piperidine rings is 1. The second-order valence-electron chi connectivity index (χ2n) is 7.47. The Labute approximate surface area is 146 Å². The molecule has 4 heterocycles. The summed E-state index contributed by atoms with van der Waals surface area (Å²) in [7, 11) is 0. The summed E-state index contributed by atoms with van der Waals surface area (Å²) in [4.78, 5) is 28.0. The molecule has 3 atom stereocenters. The first-order chi connectivity index (χ1) is 12.1. The average molecular weight is 344 g/mol. The van der Waals surface area contributed by atoms with Crippen molar-refractivity contribution in [3.63, 3.8) is 0 Å². The Morgan fingerprint density at radius 2 is 2.12 bits per heavy atom. The summed E-state index contributed by atoms with van der Waals surface area (Å²) in [5, 5.41) is 9.37. The Hall–Kier alpha value is -2.15. The lowest BCUT2D eigenvalue weighted by atomic mass is 9.87. The topological polar surface area (TPSA) is 92.3 Å². The molecule has 3 N–H and O–H groups in total. The first-order valence-corrected chi connectivity index (χ1v) is 9.07. The van der Waals surface area contributed by atoms with Gasteiger partial charge in [-0.15, -0.1) is 0 Å². The lowest BCUT2D eigenvalue weighted by Crippen LogP contribution is -2.41. The van der Waals surface area contributed by atoms with Crippen molar-refractivity contribution in [2.75, 3.05) is 11.9 Å². The molecule has 2 bridgehead atoms. The third kappa shape index (κ3) is 3.61. The first-order valence-electron chi connectivity index (χ1n) is 9.07. The molecule has 1 aromatic heterocycles. The molecule has 0 saturated carbocycles. The molecule has 7 heteroatoms. The molecule has 3 aliphatic rings. The standard InChI is InChI=1S/C18H24N4O3/c1-10(6-11-7-12-2-3-13(8-11)20-12)19-17(24)14-4-5-15-18(22-14)25-9-16(23)21-15/h4-5,10-13,20H,2-3,6-9H2,1H3,(H,19,24)(H,21,23). The SMILES string of the molecule is CC(CC1CC2CCC(C1)N2)NC(=O)c1ccc2c(n1)OCC(=O)N2. The molecule has 2 amide bonds. The largest absolute Gasteiger partial charge is 0.466 e. The van der Waals surface area contributed by atoms with E-state index in [2.05, 4.69) is 27.9 Å². The Morgan fingerprint density at radius 1 is 1.36 bits per heavy atom. The minimum Gasteiger partial charge on any atom is -0.466 e. The summed E-state index contributed by atoms with van der Waals surface area (Å²) in [6.07, 6.45) is 6.00. The van der Waals surface area contributed by atoms with Crippen molar-refractivity contribution in [3.05, 3.63) is 17.8 Å². The Morgan fingerprint density at radius 3 is 2.88 bits per heavy atom. The molecule has 0 radical (unpaired) electrons. The normalized spacial score (nSPS) is 28.5. The minimum atomic E-state index is -0.212. The minimum absolute atomic E-state index is 0.0699. The molecular formula is C18H24N4O3. The molecular weight excluding hydrogens is 320 g/mol. The van der Waals surface area contributed by atoms with Crippen molar-refractivity contribution in [3.8, 4) is 5.88 Å². The summed E-state index contributed by atoms with van der Waals surface area (Å²) in [5.41, 5.74) is 0.818. The van der Waals surface area contributed by atoms with Gasteiger partial charge in [-0.1, -0.05) is 0 Å². The van der Waals surface area contributed by atoms with E-state index in [9.17, 15) is 9.59 Å². The van der Waals surface area contributed by atoms with E-state index in [1.165, 1.54) is 25.7 Å². The number of hydrogen-bond acceptors (Lipinski definition) is 5. The van der Waals surface area contributed by atoms with Gasteiger partial charge >= 0.3 is 0 Å². The van der Waals surface area contributed by atoms with E-state index >= 15 is 0 Å². The van der Waals surface area contributed by atoms with Gasteiger partial charge in [-0.05, 0) is 57.1 Å². The second-order valence-corrected chi connectivity index (χ2v) is 7.47. The van der Waals surface area contributed by atoms with E-state index in [0.29, 0.717) is 35.3 Å². The molecule has 0 aliphatic carbocycles. The van der Waals surface area contributed by atoms with Crippen molar-refractivity contribution in [1.29, 1.82) is 0 Å². The third-order valence-electron chi connectivity index (χ3n) is 5.34. The zero-order chi connectivity index (χ0) is 17.4. The van der Waals surface area contributed by atoms with Crippen LogP contribution in [0.4, 0.5) is 5.69 Å². The van der Waals surface area contributed by atoms with Crippen LogP contribution in [0.1, 0.15) is 49.5 Å². The smallest absolute Gasteiger partial charge is 0.270 e. The van der Waals surface area contributed by atoms with Gasteiger partial charge in [0.25, 0.3) is 11.8 Å². The highest BCUT2D eigenvalue weighted by molar-refractivity contribution is 5.97. The Bertz CT molecular complexity index is 681. The molecule has 2 fully saturated rings. The Balaban J connectivity index is 1.34. The highest BCUT2D eigenvalue weighted by Gasteiger charge is 2.34. The molecule has 0 spiro atoms. The average Bonchev–Trinajstić information content (AvgIpc) is 2.92. The van der Waals surface area contributed by atoms with Gasteiger partial charge in [0, 0.05) is 18.1 Å². The van der Waals surface area contributed by atoms with E-state index in [1.807, 2.05) is 0 Å². The van der Waals surface area contributed by atoms with Gasteiger partial charge in [-0.25, -0.2) is 4.98 Å². The summed E-state index contributed by atoms with van der Waals surface area (Å²) < 4.78 is 5.27. The van der Waals surface area contributed by atoms with Crippen LogP contribution >= 0.6 is 0 Å². The van der Waals surface area contributed by atoms with Crippen LogP contribution in [0.25, 0.3) is 0 Å². The van der Waals surface area contributed by atoms with E-state index < -0.39 is 0 Å². The first kappa shape index (κ1) is 16.3. The molecule has 2 saturated heterocycles. The van der Waals surface area contributed by atoms with Crippen molar-refractivity contribution in [1.82, 2.24) is 15.6 Å². The van der Waals surface area contributed by atoms with Gasteiger partial charge in [0.1, 0.15) is 11.4 Å². The van der Waals surface area contributed by atoms with Crippen LogP contribution in [0.5, 0.6) is 5.88 Å². The van der Waals surface area contributed by atoms with E-state index in [4.69, 9.17) is 4.74 Å². The number of hydrogen-bond donors (Lipinski definition) is 3. The lowest BCUT2D eigenvalue weighted by Gasteiger charge is -2.31. The van der Waals surface area contributed by atoms with Crippen molar-refractivity contribution >= 4 is 17.5 Å². The summed E-state index contributed by atoms with van der Waals surface area (Å²) >= 11 is 0. The van der Waals surface area contributed by atoms with Crippen LogP contribution < -0.4 is 20.7 Å². The fraction of sp³-hybridized carbons (Fsp3) is 0.611. The van der Waals surface area contributed by atoms with Gasteiger partial charge in [-0.2, -0.15) is 0 Å². The number of ether oxygens (including phenoxy) is 1. The highest BCUT2D eigenvalue weighted by atomic mass is 16.5. The van der Waals surface area contributed by atoms with Crippen molar-refractivity contribution in [2.45, 2.75) is 57.2 Å². The molecule has 7 nitrogen and oxygen atoms in total. The number of fused-ring (bicyclic) bond motifs is 3. The predicted molar refractivity (Wildman–Crippen MR) is 92.6 cm³/mol. The summed E-state index contributed by atoms with van der Waals surface area (Å²) in [5.74, 6) is 0.558. The number of aromatic nitrogens is 1. The monoisotopic (exact) mass is 344 g/mol. The third-order valence-corrected chi connectivity index (χ3v) is 5.34. The van der Waals surface area contributed by atoms with Crippen LogP contribution in [0.2, 0.25) is 0 Å². The van der Waals surface area contributed by atoms with Crippen molar-refractivity contribution < 1.29 is 14.3 Å². The van der Waals surface area contributed by atoms with Gasteiger partial charge in [0.15, 0.2) is 6.61 Å².